The van der Waals surface area contributed by atoms with Crippen molar-refractivity contribution in [2.75, 3.05) is 6.54 Å². The van der Waals surface area contributed by atoms with Gasteiger partial charge < -0.3 is 19.3 Å². The first kappa shape index (κ1) is 13.9. The molecule has 1 fully saturated rings. The van der Waals surface area contributed by atoms with Gasteiger partial charge in [-0.25, -0.2) is 0 Å². The maximum Gasteiger partial charge on any atom is 0.254 e. The Kier molecular flexibility index (Phi) is 3.37. The second-order valence-corrected chi connectivity index (χ2v) is 5.69. The van der Waals surface area contributed by atoms with Crippen molar-refractivity contribution in [3.63, 3.8) is 0 Å². The molecule has 3 rings (SSSR count). The monoisotopic (exact) mass is 289 g/mol. The fraction of sp³-hybridized carbons (Fsp3) is 0.438. The van der Waals surface area contributed by atoms with Crippen LogP contribution in [0.3, 0.4) is 0 Å². The predicted octanol–water partition coefficient (Wildman–Crippen LogP) is 2.52. The van der Waals surface area contributed by atoms with Gasteiger partial charge in [-0.3, -0.25) is 4.79 Å². The van der Waals surface area contributed by atoms with Crippen molar-refractivity contribution in [3.05, 3.63) is 47.3 Å². The summed E-state index contributed by atoms with van der Waals surface area (Å²) < 4.78 is 10.7. The van der Waals surface area contributed by atoms with Crippen molar-refractivity contribution >= 4 is 5.91 Å². The zero-order valence-corrected chi connectivity index (χ0v) is 12.2. The minimum absolute atomic E-state index is 0.133. The van der Waals surface area contributed by atoms with E-state index in [1.807, 2.05) is 0 Å². The Hall–Kier alpha value is -2.01. The van der Waals surface area contributed by atoms with Gasteiger partial charge >= 0.3 is 0 Å². The van der Waals surface area contributed by atoms with Crippen LogP contribution in [0, 0.1) is 19.8 Å². The lowest BCUT2D eigenvalue weighted by atomic mass is 9.94. The van der Waals surface area contributed by atoms with Crippen LogP contribution < -0.4 is 5.32 Å². The van der Waals surface area contributed by atoms with Crippen LogP contribution in [0.25, 0.3) is 0 Å². The molecular formula is C16H19NO4. The van der Waals surface area contributed by atoms with E-state index in [2.05, 4.69) is 5.32 Å². The van der Waals surface area contributed by atoms with Crippen molar-refractivity contribution in [3.8, 4) is 0 Å². The Morgan fingerprint density at radius 1 is 1.48 bits per heavy atom. The smallest absolute Gasteiger partial charge is 0.254 e. The van der Waals surface area contributed by atoms with Crippen LogP contribution >= 0.6 is 0 Å². The Bertz CT molecular complexity index is 639. The second kappa shape index (κ2) is 5.07. The zero-order valence-electron chi connectivity index (χ0n) is 12.2. The first-order chi connectivity index (χ1) is 10.0. The van der Waals surface area contributed by atoms with E-state index in [0.29, 0.717) is 22.8 Å². The number of carbonyl (C=O) groups excluding carboxylic acids is 1. The summed E-state index contributed by atoms with van der Waals surface area (Å²) in [5.74, 6) is 1.68. The quantitative estimate of drug-likeness (QED) is 0.886. The zero-order chi connectivity index (χ0) is 15.0. The summed E-state index contributed by atoms with van der Waals surface area (Å²) in [7, 11) is 0. The Labute approximate surface area is 122 Å². The molecule has 0 saturated heterocycles. The van der Waals surface area contributed by atoms with Crippen LogP contribution in [-0.4, -0.2) is 17.6 Å². The van der Waals surface area contributed by atoms with Gasteiger partial charge in [0.15, 0.2) is 0 Å². The summed E-state index contributed by atoms with van der Waals surface area (Å²) in [5, 5.41) is 13.6. The summed E-state index contributed by atoms with van der Waals surface area (Å²) in [4.78, 5) is 12.2. The van der Waals surface area contributed by atoms with E-state index in [-0.39, 0.29) is 18.4 Å². The average Bonchev–Trinajstić information content (AvgIpc) is 3.05. The summed E-state index contributed by atoms with van der Waals surface area (Å²) in [5.41, 5.74) is -0.628. The lowest BCUT2D eigenvalue weighted by molar-refractivity contribution is -0.00612. The van der Waals surface area contributed by atoms with Crippen LogP contribution in [0.2, 0.25) is 0 Å². The van der Waals surface area contributed by atoms with Gasteiger partial charge in [0.05, 0.1) is 18.4 Å². The lowest BCUT2D eigenvalue weighted by Crippen LogP contribution is -2.42. The minimum Gasteiger partial charge on any atom is -0.466 e. The number of amides is 1. The molecule has 112 valence electrons. The van der Waals surface area contributed by atoms with Gasteiger partial charge in [-0.1, -0.05) is 0 Å². The van der Waals surface area contributed by atoms with Crippen LogP contribution in [0.15, 0.2) is 33.3 Å². The third kappa shape index (κ3) is 2.61. The molecule has 21 heavy (non-hydrogen) atoms. The number of hydrogen-bond acceptors (Lipinski definition) is 4. The van der Waals surface area contributed by atoms with Crippen molar-refractivity contribution in [2.24, 2.45) is 5.92 Å². The maximum atomic E-state index is 12.2. The fourth-order valence-corrected chi connectivity index (χ4v) is 2.68. The van der Waals surface area contributed by atoms with Gasteiger partial charge in [-0.15, -0.1) is 0 Å². The van der Waals surface area contributed by atoms with Crippen LogP contribution in [0.4, 0.5) is 0 Å². The van der Waals surface area contributed by atoms with E-state index >= 15 is 0 Å². The molecule has 2 aromatic heterocycles. The molecule has 0 aromatic carbocycles. The molecule has 1 aliphatic rings. The molecule has 0 radical (unpaired) electrons. The number of aliphatic hydroxyl groups is 1. The van der Waals surface area contributed by atoms with Crippen molar-refractivity contribution < 1.29 is 18.7 Å². The molecule has 5 nitrogen and oxygen atoms in total. The van der Waals surface area contributed by atoms with E-state index in [0.717, 1.165) is 12.8 Å². The molecule has 0 bridgehead atoms. The molecule has 2 N–H and O–H groups in total. The Morgan fingerprint density at radius 2 is 2.24 bits per heavy atom. The number of carbonyl (C=O) groups is 1. The van der Waals surface area contributed by atoms with E-state index in [9.17, 15) is 9.90 Å². The van der Waals surface area contributed by atoms with Gasteiger partial charge in [0, 0.05) is 0 Å². The first-order valence-electron chi connectivity index (χ1n) is 7.12. The number of nitrogens with one attached hydrogen (secondary N) is 1. The highest BCUT2D eigenvalue weighted by Crippen LogP contribution is 2.45. The van der Waals surface area contributed by atoms with Crippen molar-refractivity contribution in [1.82, 2.24) is 5.32 Å². The van der Waals surface area contributed by atoms with Crippen molar-refractivity contribution in [1.29, 1.82) is 0 Å². The molecule has 1 amide bonds. The normalized spacial score (nSPS) is 17.5. The number of furan rings is 2. The first-order valence-corrected chi connectivity index (χ1v) is 7.12. The van der Waals surface area contributed by atoms with Crippen LogP contribution in [0.5, 0.6) is 0 Å². The van der Waals surface area contributed by atoms with Gasteiger partial charge in [-0.05, 0) is 50.8 Å². The van der Waals surface area contributed by atoms with Crippen LogP contribution in [-0.2, 0) is 5.60 Å². The predicted molar refractivity (Wildman–Crippen MR) is 75.8 cm³/mol. The molecule has 1 atom stereocenters. The molecule has 0 aliphatic heterocycles. The highest BCUT2D eigenvalue weighted by atomic mass is 16.4. The van der Waals surface area contributed by atoms with E-state index in [1.54, 1.807) is 32.0 Å². The molecule has 1 aliphatic carbocycles. The van der Waals surface area contributed by atoms with Crippen LogP contribution in [0.1, 0.15) is 40.5 Å². The fourth-order valence-electron chi connectivity index (χ4n) is 2.68. The molecule has 1 saturated carbocycles. The lowest BCUT2D eigenvalue weighted by Gasteiger charge is -2.26. The Morgan fingerprint density at radius 3 is 2.76 bits per heavy atom. The van der Waals surface area contributed by atoms with Crippen molar-refractivity contribution in [2.45, 2.75) is 32.3 Å². The SMILES string of the molecule is Cc1cc(C(=O)NCC(O)(c2ccco2)C2CC2)c(C)o1. The molecular weight excluding hydrogens is 270 g/mol. The third-order valence-electron chi connectivity index (χ3n) is 4.00. The summed E-state index contributed by atoms with van der Waals surface area (Å²) in [6.45, 7) is 3.68. The third-order valence-corrected chi connectivity index (χ3v) is 4.00. The number of aryl methyl sites for hydroxylation is 2. The molecule has 1 unspecified atom stereocenters. The van der Waals surface area contributed by atoms with Gasteiger partial charge in [0.25, 0.3) is 5.91 Å². The largest absolute Gasteiger partial charge is 0.466 e. The van der Waals surface area contributed by atoms with Gasteiger partial charge in [0.1, 0.15) is 22.9 Å². The highest BCUT2D eigenvalue weighted by Gasteiger charge is 2.47. The van der Waals surface area contributed by atoms with Gasteiger partial charge in [0.2, 0.25) is 0 Å². The number of rotatable bonds is 5. The van der Waals surface area contributed by atoms with E-state index in [1.165, 1.54) is 6.26 Å². The minimum atomic E-state index is -1.13. The number of hydrogen-bond donors (Lipinski definition) is 2. The summed E-state index contributed by atoms with van der Waals surface area (Å²) in [6.07, 6.45) is 3.42. The average molecular weight is 289 g/mol. The molecule has 0 spiro atoms. The highest BCUT2D eigenvalue weighted by molar-refractivity contribution is 5.95. The topological polar surface area (TPSA) is 75.6 Å². The Balaban J connectivity index is 1.73. The molecule has 5 heteroatoms. The standard InChI is InChI=1S/C16H19NO4/c1-10-8-13(11(2)21-10)15(18)17-9-16(19,12-5-6-12)14-4-3-7-20-14/h3-4,7-8,12,19H,5-6,9H2,1-2H3,(H,17,18). The molecule has 2 aromatic rings. The molecule has 2 heterocycles. The van der Waals surface area contributed by atoms with E-state index < -0.39 is 5.60 Å². The summed E-state index contributed by atoms with van der Waals surface area (Å²) in [6, 6.07) is 5.19. The van der Waals surface area contributed by atoms with Gasteiger partial charge in [-0.2, -0.15) is 0 Å². The summed E-state index contributed by atoms with van der Waals surface area (Å²) >= 11 is 0. The maximum absolute atomic E-state index is 12.2. The van der Waals surface area contributed by atoms with E-state index in [4.69, 9.17) is 8.83 Å². The second-order valence-electron chi connectivity index (χ2n) is 5.69.